The van der Waals surface area contributed by atoms with Gasteiger partial charge in [-0.2, -0.15) is 0 Å². The summed E-state index contributed by atoms with van der Waals surface area (Å²) in [6, 6.07) is 12.2. The maximum Gasteiger partial charge on any atom is 0.174 e. The first-order valence-electron chi connectivity index (χ1n) is 7.27. The normalized spacial score (nSPS) is 10.7. The summed E-state index contributed by atoms with van der Waals surface area (Å²) in [5, 5.41) is 3.99. The second kappa shape index (κ2) is 5.68. The molecule has 0 bridgehead atoms. The molecule has 0 aliphatic heterocycles. The molecular formula is C19H19NO2. The van der Waals surface area contributed by atoms with Crippen molar-refractivity contribution in [3.05, 3.63) is 59.3 Å². The van der Waals surface area contributed by atoms with Crippen molar-refractivity contribution in [2.45, 2.75) is 20.8 Å². The molecule has 1 aromatic heterocycles. The fraction of sp³-hybridized carbons (Fsp3) is 0.211. The summed E-state index contributed by atoms with van der Waals surface area (Å²) in [5.41, 5.74) is 6.94. The Balaban J connectivity index is 2.08. The highest BCUT2D eigenvalue weighted by molar-refractivity contribution is 5.79. The minimum Gasteiger partial charge on any atom is -0.497 e. The van der Waals surface area contributed by atoms with Crippen LogP contribution in [0.2, 0.25) is 0 Å². The summed E-state index contributed by atoms with van der Waals surface area (Å²) in [7, 11) is 1.66. The van der Waals surface area contributed by atoms with E-state index in [4.69, 9.17) is 9.26 Å². The van der Waals surface area contributed by atoms with E-state index in [-0.39, 0.29) is 0 Å². The first kappa shape index (κ1) is 14.4. The zero-order valence-electron chi connectivity index (χ0n) is 13.3. The van der Waals surface area contributed by atoms with Crippen LogP contribution in [-0.2, 0) is 0 Å². The number of methoxy groups -OCH3 is 1. The van der Waals surface area contributed by atoms with Gasteiger partial charge in [0.05, 0.1) is 13.3 Å². The van der Waals surface area contributed by atoms with E-state index < -0.39 is 0 Å². The third kappa shape index (κ3) is 2.50. The first-order chi connectivity index (χ1) is 10.6. The van der Waals surface area contributed by atoms with E-state index in [1.165, 1.54) is 16.7 Å². The van der Waals surface area contributed by atoms with Crippen LogP contribution in [0.5, 0.6) is 5.75 Å². The average molecular weight is 293 g/mol. The van der Waals surface area contributed by atoms with Crippen molar-refractivity contribution >= 4 is 0 Å². The molecule has 0 amide bonds. The van der Waals surface area contributed by atoms with Gasteiger partial charge < -0.3 is 9.26 Å². The molecule has 0 fully saturated rings. The fourth-order valence-electron chi connectivity index (χ4n) is 2.59. The number of aromatic nitrogens is 1. The van der Waals surface area contributed by atoms with E-state index in [0.29, 0.717) is 0 Å². The van der Waals surface area contributed by atoms with Crippen molar-refractivity contribution in [3.8, 4) is 28.2 Å². The molecule has 0 aliphatic rings. The maximum atomic E-state index is 5.53. The van der Waals surface area contributed by atoms with Gasteiger partial charge in [-0.1, -0.05) is 17.3 Å². The average Bonchev–Trinajstić information content (AvgIpc) is 3.01. The molecule has 3 aromatic rings. The van der Waals surface area contributed by atoms with E-state index in [2.05, 4.69) is 38.1 Å². The predicted octanol–water partition coefficient (Wildman–Crippen LogP) is 4.94. The summed E-state index contributed by atoms with van der Waals surface area (Å²) < 4.78 is 10.7. The SMILES string of the molecule is COc1ccc(-c2cnoc2-c2cc(C)c(C)c(C)c2)cc1. The molecular weight excluding hydrogens is 274 g/mol. The molecule has 3 nitrogen and oxygen atoms in total. The van der Waals surface area contributed by atoms with Gasteiger partial charge in [0, 0.05) is 11.1 Å². The van der Waals surface area contributed by atoms with E-state index in [9.17, 15) is 0 Å². The molecule has 112 valence electrons. The Hall–Kier alpha value is -2.55. The smallest absolute Gasteiger partial charge is 0.174 e. The Kier molecular flexibility index (Phi) is 3.72. The number of benzene rings is 2. The van der Waals surface area contributed by atoms with Crippen molar-refractivity contribution in [3.63, 3.8) is 0 Å². The Labute approximate surface area is 130 Å². The summed E-state index contributed by atoms with van der Waals surface area (Å²) >= 11 is 0. The number of rotatable bonds is 3. The largest absolute Gasteiger partial charge is 0.497 e. The van der Waals surface area contributed by atoms with E-state index in [0.717, 1.165) is 28.2 Å². The van der Waals surface area contributed by atoms with E-state index in [1.54, 1.807) is 13.3 Å². The van der Waals surface area contributed by atoms with Gasteiger partial charge in [0.15, 0.2) is 5.76 Å². The lowest BCUT2D eigenvalue weighted by atomic mass is 9.96. The predicted molar refractivity (Wildman–Crippen MR) is 88.1 cm³/mol. The quantitative estimate of drug-likeness (QED) is 0.686. The summed E-state index contributed by atoms with van der Waals surface area (Å²) in [6.45, 7) is 6.38. The van der Waals surface area contributed by atoms with Gasteiger partial charge in [0.1, 0.15) is 5.75 Å². The molecule has 0 saturated carbocycles. The highest BCUT2D eigenvalue weighted by Gasteiger charge is 2.14. The van der Waals surface area contributed by atoms with Gasteiger partial charge in [-0.05, 0) is 67.3 Å². The van der Waals surface area contributed by atoms with Gasteiger partial charge in [-0.3, -0.25) is 0 Å². The van der Waals surface area contributed by atoms with Gasteiger partial charge in [-0.25, -0.2) is 0 Å². The van der Waals surface area contributed by atoms with Gasteiger partial charge >= 0.3 is 0 Å². The topological polar surface area (TPSA) is 35.3 Å². The van der Waals surface area contributed by atoms with E-state index >= 15 is 0 Å². The van der Waals surface area contributed by atoms with Crippen molar-refractivity contribution in [1.82, 2.24) is 5.16 Å². The Morgan fingerprint density at radius 3 is 2.14 bits per heavy atom. The van der Waals surface area contributed by atoms with Crippen LogP contribution in [0.3, 0.4) is 0 Å². The second-order valence-electron chi connectivity index (χ2n) is 5.53. The number of aryl methyl sites for hydroxylation is 2. The standard InChI is InChI=1S/C19H19NO2/c1-12-9-16(10-13(2)14(12)3)19-18(11-20-22-19)15-5-7-17(21-4)8-6-15/h5-11H,1-4H3. The Morgan fingerprint density at radius 2 is 1.55 bits per heavy atom. The third-order valence-corrected chi connectivity index (χ3v) is 4.16. The fourth-order valence-corrected chi connectivity index (χ4v) is 2.59. The van der Waals surface area contributed by atoms with Gasteiger partial charge in [0.2, 0.25) is 0 Å². The highest BCUT2D eigenvalue weighted by atomic mass is 16.5. The lowest BCUT2D eigenvalue weighted by molar-refractivity contribution is 0.415. The van der Waals surface area contributed by atoms with Crippen LogP contribution in [0.15, 0.2) is 47.1 Å². The van der Waals surface area contributed by atoms with Gasteiger partial charge in [-0.15, -0.1) is 0 Å². The lowest BCUT2D eigenvalue weighted by Gasteiger charge is -2.08. The van der Waals surface area contributed by atoms with E-state index in [1.807, 2.05) is 24.3 Å². The molecule has 0 saturated heterocycles. The monoisotopic (exact) mass is 293 g/mol. The molecule has 0 N–H and O–H groups in total. The minimum atomic E-state index is 0.802. The van der Waals surface area contributed by atoms with Crippen LogP contribution in [0.1, 0.15) is 16.7 Å². The second-order valence-corrected chi connectivity index (χ2v) is 5.53. The molecule has 3 rings (SSSR count). The van der Waals surface area contributed by atoms with Crippen molar-refractivity contribution in [2.24, 2.45) is 0 Å². The number of ether oxygens (including phenoxy) is 1. The molecule has 0 atom stereocenters. The van der Waals surface area contributed by atoms with Crippen LogP contribution in [0.4, 0.5) is 0 Å². The molecule has 0 radical (unpaired) electrons. The zero-order chi connectivity index (χ0) is 15.7. The number of nitrogens with zero attached hydrogens (tertiary/aromatic N) is 1. The van der Waals surface area contributed by atoms with Crippen LogP contribution >= 0.6 is 0 Å². The lowest BCUT2D eigenvalue weighted by Crippen LogP contribution is -1.89. The maximum absolute atomic E-state index is 5.53. The summed E-state index contributed by atoms with van der Waals surface area (Å²) in [6.07, 6.45) is 1.77. The summed E-state index contributed by atoms with van der Waals surface area (Å²) in [4.78, 5) is 0. The first-order valence-corrected chi connectivity index (χ1v) is 7.27. The molecule has 1 heterocycles. The molecule has 0 unspecified atom stereocenters. The van der Waals surface area contributed by atoms with Crippen LogP contribution in [0, 0.1) is 20.8 Å². The highest BCUT2D eigenvalue weighted by Crippen LogP contribution is 2.34. The minimum absolute atomic E-state index is 0.802. The Bertz CT molecular complexity index is 778. The molecule has 22 heavy (non-hydrogen) atoms. The van der Waals surface area contributed by atoms with Crippen LogP contribution in [0.25, 0.3) is 22.5 Å². The molecule has 2 aromatic carbocycles. The molecule has 0 spiro atoms. The van der Waals surface area contributed by atoms with Crippen LogP contribution in [-0.4, -0.2) is 12.3 Å². The van der Waals surface area contributed by atoms with Crippen molar-refractivity contribution in [1.29, 1.82) is 0 Å². The number of hydrogen-bond donors (Lipinski definition) is 0. The number of hydrogen-bond acceptors (Lipinski definition) is 3. The Morgan fingerprint density at radius 1 is 0.909 bits per heavy atom. The zero-order valence-corrected chi connectivity index (χ0v) is 13.3. The van der Waals surface area contributed by atoms with Crippen molar-refractivity contribution < 1.29 is 9.26 Å². The van der Waals surface area contributed by atoms with Gasteiger partial charge in [0.25, 0.3) is 0 Å². The third-order valence-electron chi connectivity index (χ3n) is 4.16. The van der Waals surface area contributed by atoms with Crippen molar-refractivity contribution in [2.75, 3.05) is 7.11 Å². The summed E-state index contributed by atoms with van der Waals surface area (Å²) in [5.74, 6) is 1.64. The van der Waals surface area contributed by atoms with Crippen LogP contribution < -0.4 is 4.74 Å². The molecule has 0 aliphatic carbocycles. The molecule has 3 heteroatoms.